The van der Waals surface area contributed by atoms with Gasteiger partial charge in [-0.2, -0.15) is 0 Å². The second-order valence-electron chi connectivity index (χ2n) is 7.23. The minimum Gasteiger partial charge on any atom is -0.467 e. The Morgan fingerprint density at radius 3 is 2.86 bits per heavy atom. The van der Waals surface area contributed by atoms with Gasteiger partial charge in [-0.25, -0.2) is 4.98 Å². The SMILES string of the molecule is Cc1ccn2c(NCc3ccco3)c(-c3cc4cccc(C)c4[nH]c3=O)nc2c1. The third kappa shape index (κ3) is 2.99. The average Bonchev–Trinajstić information content (AvgIpc) is 3.34. The number of fused-ring (bicyclic) bond motifs is 2. The standard InChI is InChI=1S/C23H20N4O2/c1-14-8-9-27-19(11-14)25-21(22(27)24-13-17-7-4-10-29-17)18-12-16-6-3-5-15(2)20(16)26-23(18)28/h3-12,24H,13H2,1-2H3,(H,26,28). The van der Waals surface area contributed by atoms with Crippen molar-refractivity contribution in [2.75, 3.05) is 5.32 Å². The van der Waals surface area contributed by atoms with Crippen LogP contribution in [0.5, 0.6) is 0 Å². The first-order valence-corrected chi connectivity index (χ1v) is 9.48. The number of para-hydroxylation sites is 1. The van der Waals surface area contributed by atoms with Gasteiger partial charge < -0.3 is 14.7 Å². The molecule has 0 aliphatic carbocycles. The van der Waals surface area contributed by atoms with Gasteiger partial charge in [0.15, 0.2) is 0 Å². The molecular formula is C23H20N4O2. The molecule has 0 aliphatic heterocycles. The number of rotatable bonds is 4. The Kier molecular flexibility index (Phi) is 3.98. The lowest BCUT2D eigenvalue weighted by Gasteiger charge is -2.09. The summed E-state index contributed by atoms with van der Waals surface area (Å²) >= 11 is 0. The number of hydrogen-bond acceptors (Lipinski definition) is 4. The number of aromatic amines is 1. The number of nitrogens with zero attached hydrogens (tertiary/aromatic N) is 2. The van der Waals surface area contributed by atoms with Gasteiger partial charge in [-0.05, 0) is 60.7 Å². The summed E-state index contributed by atoms with van der Waals surface area (Å²) in [4.78, 5) is 20.8. The lowest BCUT2D eigenvalue weighted by molar-refractivity contribution is 0.518. The Hall–Kier alpha value is -3.80. The molecule has 0 saturated heterocycles. The second-order valence-corrected chi connectivity index (χ2v) is 7.23. The van der Waals surface area contributed by atoms with Crippen molar-refractivity contribution in [1.29, 1.82) is 0 Å². The van der Waals surface area contributed by atoms with Crippen molar-refractivity contribution in [3.63, 3.8) is 0 Å². The molecule has 6 nitrogen and oxygen atoms in total. The summed E-state index contributed by atoms with van der Waals surface area (Å²) < 4.78 is 7.41. The van der Waals surface area contributed by atoms with Crippen LogP contribution in [-0.2, 0) is 6.54 Å². The van der Waals surface area contributed by atoms with Gasteiger partial charge in [-0.3, -0.25) is 9.20 Å². The molecule has 5 aromatic rings. The number of anilines is 1. The fraction of sp³-hybridized carbons (Fsp3) is 0.130. The molecule has 2 N–H and O–H groups in total. The van der Waals surface area contributed by atoms with Crippen LogP contribution in [0.2, 0.25) is 0 Å². The molecular weight excluding hydrogens is 364 g/mol. The maximum atomic E-state index is 13.0. The number of furan rings is 1. The summed E-state index contributed by atoms with van der Waals surface area (Å²) in [5, 5.41) is 4.37. The van der Waals surface area contributed by atoms with Crippen LogP contribution < -0.4 is 10.9 Å². The lowest BCUT2D eigenvalue weighted by atomic mass is 10.1. The van der Waals surface area contributed by atoms with Crippen molar-refractivity contribution in [3.8, 4) is 11.3 Å². The topological polar surface area (TPSA) is 75.3 Å². The van der Waals surface area contributed by atoms with E-state index in [-0.39, 0.29) is 5.56 Å². The van der Waals surface area contributed by atoms with Crippen LogP contribution in [0.4, 0.5) is 5.82 Å². The predicted octanol–water partition coefficient (Wildman–Crippen LogP) is 4.66. The largest absolute Gasteiger partial charge is 0.467 e. The maximum absolute atomic E-state index is 13.0. The number of benzene rings is 1. The number of nitrogens with one attached hydrogen (secondary N) is 2. The predicted molar refractivity (Wildman–Crippen MR) is 114 cm³/mol. The third-order valence-corrected chi connectivity index (χ3v) is 5.13. The minimum atomic E-state index is -0.159. The highest BCUT2D eigenvalue weighted by Gasteiger charge is 2.18. The van der Waals surface area contributed by atoms with Gasteiger partial charge in [-0.15, -0.1) is 0 Å². The van der Waals surface area contributed by atoms with Crippen molar-refractivity contribution in [2.24, 2.45) is 0 Å². The molecule has 0 unspecified atom stereocenters. The second kappa shape index (κ2) is 6.67. The first-order valence-electron chi connectivity index (χ1n) is 9.48. The summed E-state index contributed by atoms with van der Waals surface area (Å²) in [6.45, 7) is 4.50. The van der Waals surface area contributed by atoms with Gasteiger partial charge in [0.2, 0.25) is 0 Å². The van der Waals surface area contributed by atoms with Crippen LogP contribution in [0.3, 0.4) is 0 Å². The van der Waals surface area contributed by atoms with E-state index in [0.717, 1.165) is 39.3 Å². The number of aryl methyl sites for hydroxylation is 2. The molecule has 0 fully saturated rings. The summed E-state index contributed by atoms with van der Waals surface area (Å²) in [5.41, 5.74) is 4.77. The Morgan fingerprint density at radius 2 is 2.03 bits per heavy atom. The van der Waals surface area contributed by atoms with Crippen LogP contribution in [-0.4, -0.2) is 14.4 Å². The van der Waals surface area contributed by atoms with E-state index in [1.165, 1.54) is 0 Å². The normalized spacial score (nSPS) is 11.4. The Balaban J connectivity index is 1.71. The van der Waals surface area contributed by atoms with E-state index in [1.54, 1.807) is 6.26 Å². The summed E-state index contributed by atoms with van der Waals surface area (Å²) in [7, 11) is 0. The molecule has 1 aromatic carbocycles. The molecule has 0 saturated carbocycles. The highest BCUT2D eigenvalue weighted by atomic mass is 16.3. The van der Waals surface area contributed by atoms with Gasteiger partial charge in [0, 0.05) is 6.20 Å². The zero-order chi connectivity index (χ0) is 20.0. The zero-order valence-electron chi connectivity index (χ0n) is 16.2. The van der Waals surface area contributed by atoms with E-state index in [1.807, 2.05) is 73.0 Å². The fourth-order valence-electron chi connectivity index (χ4n) is 3.65. The molecule has 0 radical (unpaired) electrons. The number of aromatic nitrogens is 3. The van der Waals surface area contributed by atoms with E-state index in [9.17, 15) is 4.79 Å². The molecule has 144 valence electrons. The van der Waals surface area contributed by atoms with Crippen molar-refractivity contribution >= 4 is 22.4 Å². The summed E-state index contributed by atoms with van der Waals surface area (Å²) in [6.07, 6.45) is 3.61. The van der Waals surface area contributed by atoms with E-state index in [0.29, 0.717) is 17.8 Å². The lowest BCUT2D eigenvalue weighted by Crippen LogP contribution is -2.11. The monoisotopic (exact) mass is 384 g/mol. The average molecular weight is 384 g/mol. The highest BCUT2D eigenvalue weighted by Crippen LogP contribution is 2.29. The molecule has 29 heavy (non-hydrogen) atoms. The van der Waals surface area contributed by atoms with E-state index in [2.05, 4.69) is 10.3 Å². The summed E-state index contributed by atoms with van der Waals surface area (Å²) in [5.74, 6) is 1.56. The minimum absolute atomic E-state index is 0.159. The van der Waals surface area contributed by atoms with Crippen molar-refractivity contribution < 1.29 is 4.42 Å². The van der Waals surface area contributed by atoms with E-state index >= 15 is 0 Å². The van der Waals surface area contributed by atoms with Crippen LogP contribution in [0.1, 0.15) is 16.9 Å². The number of pyridine rings is 2. The fourth-order valence-corrected chi connectivity index (χ4v) is 3.65. The molecule has 0 bridgehead atoms. The van der Waals surface area contributed by atoms with Crippen LogP contribution in [0.25, 0.3) is 27.8 Å². The molecule has 0 atom stereocenters. The smallest absolute Gasteiger partial charge is 0.258 e. The van der Waals surface area contributed by atoms with Crippen LogP contribution in [0, 0.1) is 13.8 Å². The molecule has 0 aliphatic rings. The van der Waals surface area contributed by atoms with Crippen LogP contribution >= 0.6 is 0 Å². The Labute approximate surface area is 166 Å². The third-order valence-electron chi connectivity index (χ3n) is 5.13. The molecule has 4 heterocycles. The first-order chi connectivity index (χ1) is 14.1. The summed E-state index contributed by atoms with van der Waals surface area (Å²) in [6, 6.07) is 15.7. The Bertz CT molecular complexity index is 1390. The van der Waals surface area contributed by atoms with Gasteiger partial charge in [0.05, 0.1) is 23.9 Å². The van der Waals surface area contributed by atoms with Gasteiger partial charge in [0.1, 0.15) is 22.9 Å². The van der Waals surface area contributed by atoms with Crippen molar-refractivity contribution in [1.82, 2.24) is 14.4 Å². The molecule has 6 heteroatoms. The molecule has 4 aromatic heterocycles. The Morgan fingerprint density at radius 1 is 1.14 bits per heavy atom. The van der Waals surface area contributed by atoms with E-state index < -0.39 is 0 Å². The zero-order valence-corrected chi connectivity index (χ0v) is 16.2. The molecule has 5 rings (SSSR count). The molecule has 0 spiro atoms. The van der Waals surface area contributed by atoms with Gasteiger partial charge in [-0.1, -0.05) is 18.2 Å². The van der Waals surface area contributed by atoms with Gasteiger partial charge in [0.25, 0.3) is 5.56 Å². The first kappa shape index (κ1) is 17.3. The highest BCUT2D eigenvalue weighted by molar-refractivity contribution is 5.87. The van der Waals surface area contributed by atoms with E-state index in [4.69, 9.17) is 9.40 Å². The van der Waals surface area contributed by atoms with Crippen molar-refractivity contribution in [3.05, 3.63) is 88.2 Å². The molecule has 0 amide bonds. The maximum Gasteiger partial charge on any atom is 0.258 e. The van der Waals surface area contributed by atoms with Gasteiger partial charge >= 0.3 is 0 Å². The van der Waals surface area contributed by atoms with Crippen LogP contribution in [0.15, 0.2) is 70.2 Å². The number of hydrogen-bond donors (Lipinski definition) is 2. The quantitative estimate of drug-likeness (QED) is 0.472. The number of imidazole rings is 1. The number of H-pyrrole nitrogens is 1. The van der Waals surface area contributed by atoms with Crippen molar-refractivity contribution in [2.45, 2.75) is 20.4 Å².